The number of hydrogen-bond acceptors (Lipinski definition) is 7. The van der Waals surface area contributed by atoms with Crippen LogP contribution in [0.25, 0.3) is 21.3 Å². The Kier molecular flexibility index (Phi) is 6.22. The van der Waals surface area contributed by atoms with Crippen LogP contribution in [0.15, 0.2) is 30.5 Å². The first kappa shape index (κ1) is 20.0. The van der Waals surface area contributed by atoms with Gasteiger partial charge in [-0.15, -0.1) is 10.2 Å². The summed E-state index contributed by atoms with van der Waals surface area (Å²) in [6.45, 7) is 5.79. The number of fused-ring (bicyclic) bond motifs is 1. The van der Waals surface area contributed by atoms with E-state index in [1.54, 1.807) is 11.3 Å². The fraction of sp³-hybridized carbons (Fsp3) is 0.429. The van der Waals surface area contributed by atoms with E-state index in [0.29, 0.717) is 19.5 Å². The van der Waals surface area contributed by atoms with E-state index in [1.165, 1.54) is 0 Å². The van der Waals surface area contributed by atoms with Crippen LogP contribution in [0.2, 0.25) is 0 Å². The summed E-state index contributed by atoms with van der Waals surface area (Å²) in [4.78, 5) is 21.3. The third-order valence-electron chi connectivity index (χ3n) is 5.20. The van der Waals surface area contributed by atoms with Crippen LogP contribution in [0, 0.1) is 6.92 Å². The Morgan fingerprint density at radius 1 is 1.10 bits per heavy atom. The summed E-state index contributed by atoms with van der Waals surface area (Å²) in [6.07, 6.45) is 2.14. The van der Waals surface area contributed by atoms with Gasteiger partial charge >= 0.3 is 0 Å². The van der Waals surface area contributed by atoms with Crippen molar-refractivity contribution in [2.75, 3.05) is 45.9 Å². The quantitative estimate of drug-likeness (QED) is 0.594. The van der Waals surface area contributed by atoms with Crippen molar-refractivity contribution in [2.24, 2.45) is 0 Å². The summed E-state index contributed by atoms with van der Waals surface area (Å²) in [5.74, 6) is 0.159. The molecule has 3 heterocycles. The van der Waals surface area contributed by atoms with E-state index in [1.807, 2.05) is 31.3 Å². The van der Waals surface area contributed by atoms with E-state index in [9.17, 15) is 9.18 Å². The molecule has 0 amide bonds. The lowest BCUT2D eigenvalue weighted by Gasteiger charge is -2.33. The van der Waals surface area contributed by atoms with E-state index in [2.05, 4.69) is 31.0 Å². The SMILES string of the molecule is Cc1nnc(-c2ccc3cnc(CC(=O)CN4CCN(CCF)CC4)cc3c2)s1. The maximum absolute atomic E-state index is 12.5. The van der Waals surface area contributed by atoms with Gasteiger partial charge in [0.25, 0.3) is 0 Å². The van der Waals surface area contributed by atoms with Crippen molar-refractivity contribution >= 4 is 27.9 Å². The second-order valence-corrected chi connectivity index (χ2v) is 8.57. The third-order valence-corrected chi connectivity index (χ3v) is 6.08. The highest BCUT2D eigenvalue weighted by Crippen LogP contribution is 2.27. The van der Waals surface area contributed by atoms with Crippen molar-refractivity contribution in [2.45, 2.75) is 13.3 Å². The number of Topliss-reactive ketones (excluding diaryl/α,β-unsaturated/α-hetero) is 1. The minimum atomic E-state index is -0.313. The molecule has 0 aliphatic carbocycles. The Balaban J connectivity index is 1.40. The molecule has 1 aliphatic rings. The first-order valence-electron chi connectivity index (χ1n) is 9.82. The molecule has 0 N–H and O–H groups in total. The zero-order valence-corrected chi connectivity index (χ0v) is 17.3. The number of alkyl halides is 1. The normalized spacial score (nSPS) is 15.8. The summed E-state index contributed by atoms with van der Waals surface area (Å²) in [5, 5.41) is 12.2. The molecule has 0 atom stereocenters. The van der Waals surface area contributed by atoms with Crippen LogP contribution >= 0.6 is 11.3 Å². The van der Waals surface area contributed by atoms with Gasteiger partial charge in [0.1, 0.15) is 16.7 Å². The molecule has 8 heteroatoms. The Hall–Kier alpha value is -2.29. The van der Waals surface area contributed by atoms with Crippen molar-refractivity contribution in [3.05, 3.63) is 41.2 Å². The lowest BCUT2D eigenvalue weighted by molar-refractivity contribution is -0.120. The van der Waals surface area contributed by atoms with Gasteiger partial charge < -0.3 is 0 Å². The molecule has 152 valence electrons. The van der Waals surface area contributed by atoms with Gasteiger partial charge in [0.15, 0.2) is 5.78 Å². The molecule has 2 aromatic heterocycles. The maximum Gasteiger partial charge on any atom is 0.152 e. The summed E-state index contributed by atoms with van der Waals surface area (Å²) < 4.78 is 12.4. The highest BCUT2D eigenvalue weighted by Gasteiger charge is 2.19. The molecule has 1 fully saturated rings. The van der Waals surface area contributed by atoms with E-state index in [-0.39, 0.29) is 12.5 Å². The van der Waals surface area contributed by atoms with Crippen molar-refractivity contribution in [3.63, 3.8) is 0 Å². The smallest absolute Gasteiger partial charge is 0.152 e. The minimum Gasteiger partial charge on any atom is -0.298 e. The molecule has 0 radical (unpaired) electrons. The lowest BCUT2D eigenvalue weighted by Crippen LogP contribution is -2.48. The van der Waals surface area contributed by atoms with Crippen molar-refractivity contribution in [3.8, 4) is 10.6 Å². The van der Waals surface area contributed by atoms with Gasteiger partial charge in [0, 0.05) is 55.6 Å². The highest BCUT2D eigenvalue weighted by atomic mass is 32.1. The third kappa shape index (κ3) is 5.01. The number of piperazine rings is 1. The fourth-order valence-corrected chi connectivity index (χ4v) is 4.32. The largest absolute Gasteiger partial charge is 0.298 e. The Morgan fingerprint density at radius 3 is 2.62 bits per heavy atom. The van der Waals surface area contributed by atoms with E-state index in [4.69, 9.17) is 0 Å². The van der Waals surface area contributed by atoms with Crippen LogP contribution in [0.4, 0.5) is 4.39 Å². The summed E-state index contributed by atoms with van der Waals surface area (Å²) in [6, 6.07) is 8.12. The summed E-state index contributed by atoms with van der Waals surface area (Å²) >= 11 is 1.57. The predicted molar refractivity (Wildman–Crippen MR) is 113 cm³/mol. The topological polar surface area (TPSA) is 62.2 Å². The second kappa shape index (κ2) is 9.02. The number of halogens is 1. The molecule has 1 aliphatic heterocycles. The summed E-state index contributed by atoms with van der Waals surface area (Å²) in [7, 11) is 0. The maximum atomic E-state index is 12.5. The van der Waals surface area contributed by atoms with Crippen LogP contribution in [0.1, 0.15) is 10.7 Å². The van der Waals surface area contributed by atoms with Crippen LogP contribution in [-0.2, 0) is 11.2 Å². The zero-order chi connectivity index (χ0) is 20.2. The van der Waals surface area contributed by atoms with Crippen molar-refractivity contribution in [1.82, 2.24) is 25.0 Å². The molecule has 1 aromatic carbocycles. The Morgan fingerprint density at radius 2 is 1.90 bits per heavy atom. The number of nitrogens with zero attached hydrogens (tertiary/aromatic N) is 5. The average Bonchev–Trinajstić information content (AvgIpc) is 3.15. The minimum absolute atomic E-state index is 0.159. The number of rotatable bonds is 7. The fourth-order valence-electron chi connectivity index (χ4n) is 3.63. The summed E-state index contributed by atoms with van der Waals surface area (Å²) in [5.41, 5.74) is 1.81. The van der Waals surface area contributed by atoms with Crippen LogP contribution < -0.4 is 0 Å². The number of ketones is 1. The number of aryl methyl sites for hydroxylation is 1. The molecule has 6 nitrogen and oxygen atoms in total. The van der Waals surface area contributed by atoms with Crippen LogP contribution in [0.3, 0.4) is 0 Å². The van der Waals surface area contributed by atoms with Gasteiger partial charge in [0.2, 0.25) is 0 Å². The molecule has 0 spiro atoms. The van der Waals surface area contributed by atoms with E-state index < -0.39 is 0 Å². The van der Waals surface area contributed by atoms with Gasteiger partial charge in [0.05, 0.1) is 13.0 Å². The van der Waals surface area contributed by atoms with Gasteiger partial charge in [-0.25, -0.2) is 4.39 Å². The van der Waals surface area contributed by atoms with Gasteiger partial charge in [-0.1, -0.05) is 23.5 Å². The zero-order valence-electron chi connectivity index (χ0n) is 16.5. The molecule has 0 saturated carbocycles. The van der Waals surface area contributed by atoms with Gasteiger partial charge in [-0.2, -0.15) is 0 Å². The van der Waals surface area contributed by atoms with Crippen molar-refractivity contribution in [1.29, 1.82) is 0 Å². The predicted octanol–water partition coefficient (Wildman–Crippen LogP) is 2.76. The Bertz CT molecular complexity index is 1000. The molecule has 1 saturated heterocycles. The Labute approximate surface area is 173 Å². The van der Waals surface area contributed by atoms with Gasteiger partial charge in [-0.05, 0) is 24.4 Å². The number of carbonyl (C=O) groups is 1. The molecular weight excluding hydrogens is 389 g/mol. The first-order chi connectivity index (χ1) is 14.1. The molecule has 0 unspecified atom stereocenters. The number of pyridine rings is 1. The molecular formula is C21H24FN5OS. The van der Waals surface area contributed by atoms with E-state index >= 15 is 0 Å². The molecule has 29 heavy (non-hydrogen) atoms. The average molecular weight is 414 g/mol. The van der Waals surface area contributed by atoms with Crippen LogP contribution in [-0.4, -0.2) is 76.7 Å². The van der Waals surface area contributed by atoms with E-state index in [0.717, 1.165) is 58.2 Å². The molecule has 4 rings (SSSR count). The standard InChI is InChI=1S/C21H24FN5OS/c1-15-24-25-21(29-15)16-2-3-17-13-23-19(11-18(17)10-16)12-20(28)14-27-8-6-26(5-4-22)7-9-27/h2-3,10-11,13H,4-9,12,14H2,1H3. The first-order valence-corrected chi connectivity index (χ1v) is 10.6. The number of benzene rings is 1. The number of aromatic nitrogens is 3. The second-order valence-electron chi connectivity index (χ2n) is 7.39. The highest BCUT2D eigenvalue weighted by molar-refractivity contribution is 7.14. The van der Waals surface area contributed by atoms with Gasteiger partial charge in [-0.3, -0.25) is 19.6 Å². The number of hydrogen-bond donors (Lipinski definition) is 0. The molecule has 3 aromatic rings. The molecule has 0 bridgehead atoms. The number of carbonyl (C=O) groups excluding carboxylic acids is 1. The lowest BCUT2D eigenvalue weighted by atomic mass is 10.1. The van der Waals surface area contributed by atoms with Crippen molar-refractivity contribution < 1.29 is 9.18 Å². The monoisotopic (exact) mass is 413 g/mol. The van der Waals surface area contributed by atoms with Crippen LogP contribution in [0.5, 0.6) is 0 Å².